The third-order valence-corrected chi connectivity index (χ3v) is 8.33. The minimum absolute atomic E-state index is 0.289. The summed E-state index contributed by atoms with van der Waals surface area (Å²) in [4.78, 5) is 28.3. The van der Waals surface area contributed by atoms with E-state index in [1.54, 1.807) is 0 Å². The van der Waals surface area contributed by atoms with Gasteiger partial charge in [-0.05, 0) is 78.4 Å². The summed E-state index contributed by atoms with van der Waals surface area (Å²) in [6.45, 7) is 9.12. The van der Waals surface area contributed by atoms with E-state index in [0.717, 1.165) is 71.0 Å². The number of likely N-dealkylation sites (N-methyl/N-ethyl adjacent to an activating group) is 2. The number of unbranched alkanes of at least 4 members (excludes halogenated alkanes) is 14. The molecule has 0 saturated carbocycles. The van der Waals surface area contributed by atoms with Crippen LogP contribution in [-0.2, 0) is 18.9 Å². The van der Waals surface area contributed by atoms with Gasteiger partial charge in [-0.15, -0.1) is 0 Å². The molecule has 8 nitrogen and oxygen atoms in total. The van der Waals surface area contributed by atoms with Crippen LogP contribution in [0.2, 0.25) is 0 Å². The van der Waals surface area contributed by atoms with Crippen molar-refractivity contribution >= 4 is 12.3 Å². The summed E-state index contributed by atoms with van der Waals surface area (Å²) in [5, 5.41) is 0. The zero-order valence-electron chi connectivity index (χ0n) is 31.3. The van der Waals surface area contributed by atoms with Crippen molar-refractivity contribution in [3.05, 3.63) is 24.3 Å². The van der Waals surface area contributed by atoms with E-state index < -0.39 is 12.3 Å². The molecule has 0 spiro atoms. The molecule has 0 fully saturated rings. The molecule has 0 aromatic rings. The van der Waals surface area contributed by atoms with Crippen LogP contribution in [-0.4, -0.2) is 89.3 Å². The van der Waals surface area contributed by atoms with Gasteiger partial charge >= 0.3 is 12.3 Å². The van der Waals surface area contributed by atoms with E-state index in [4.69, 9.17) is 18.9 Å². The van der Waals surface area contributed by atoms with E-state index in [-0.39, 0.29) is 13.2 Å². The second-order valence-electron chi connectivity index (χ2n) is 13.3. The molecule has 0 heterocycles. The fourth-order valence-electron chi connectivity index (χ4n) is 5.38. The van der Waals surface area contributed by atoms with Crippen LogP contribution in [0.25, 0.3) is 0 Å². The Morgan fingerprint density at radius 3 is 1.43 bits per heavy atom. The van der Waals surface area contributed by atoms with Gasteiger partial charge in [-0.2, -0.15) is 0 Å². The molecule has 0 radical (unpaired) electrons. The number of allylic oxidation sites excluding steroid dienone is 2. The fraction of sp³-hybridized carbons (Fsp3) is 0.846. The van der Waals surface area contributed by atoms with Crippen molar-refractivity contribution in [1.29, 1.82) is 0 Å². The molecule has 0 atom stereocenters. The number of rotatable bonds is 33. The third kappa shape index (κ3) is 35.1. The van der Waals surface area contributed by atoms with Gasteiger partial charge in [0.05, 0.1) is 13.2 Å². The van der Waals surface area contributed by atoms with Crippen molar-refractivity contribution < 1.29 is 28.5 Å². The lowest BCUT2D eigenvalue weighted by atomic mass is 9.94. The molecule has 0 aliphatic carbocycles. The molecule has 0 aliphatic rings. The van der Waals surface area contributed by atoms with Crippen LogP contribution in [0.5, 0.6) is 0 Å². The molecule has 0 unspecified atom stereocenters. The van der Waals surface area contributed by atoms with E-state index in [9.17, 15) is 9.59 Å². The molecule has 0 bridgehead atoms. The first-order chi connectivity index (χ1) is 22.9. The summed E-state index contributed by atoms with van der Waals surface area (Å²) < 4.78 is 20.7. The minimum atomic E-state index is -0.566. The van der Waals surface area contributed by atoms with Crippen LogP contribution < -0.4 is 0 Å². The summed E-state index contributed by atoms with van der Waals surface area (Å²) in [6, 6.07) is 0. The maximum Gasteiger partial charge on any atom is 0.508 e. The van der Waals surface area contributed by atoms with Crippen LogP contribution in [0, 0.1) is 5.92 Å². The minimum Gasteiger partial charge on any atom is -0.434 e. The summed E-state index contributed by atoms with van der Waals surface area (Å²) in [6.07, 6.45) is 29.9. The van der Waals surface area contributed by atoms with Gasteiger partial charge < -0.3 is 28.7 Å². The third-order valence-electron chi connectivity index (χ3n) is 8.33. The molecule has 0 amide bonds. The molecule has 0 aromatic heterocycles. The molecule has 0 saturated heterocycles. The molecule has 0 aromatic carbocycles. The van der Waals surface area contributed by atoms with Crippen molar-refractivity contribution in [2.75, 3.05) is 67.2 Å². The predicted octanol–water partition coefficient (Wildman–Crippen LogP) is 10.4. The Hall–Kier alpha value is -2.06. The van der Waals surface area contributed by atoms with Gasteiger partial charge in [0.1, 0.15) is 13.2 Å². The van der Waals surface area contributed by atoms with Gasteiger partial charge in [-0.25, -0.2) is 9.59 Å². The summed E-state index contributed by atoms with van der Waals surface area (Å²) in [5.41, 5.74) is 0. The van der Waals surface area contributed by atoms with E-state index in [0.29, 0.717) is 19.1 Å². The molecular weight excluding hydrogens is 592 g/mol. The average Bonchev–Trinajstić information content (AvgIpc) is 3.05. The van der Waals surface area contributed by atoms with Crippen molar-refractivity contribution in [2.45, 2.75) is 142 Å². The standard InChI is InChI=1S/C39H74N2O6/c1-6-8-10-12-14-18-24-32-44-38(42)46-34-26-20-16-22-28-37(36-41(5)31-30-40(3)4)29-23-17-21-27-35-47-39(43)45-33-25-19-15-13-11-9-7-2/h18-19,24-25,37H,6-17,20-23,26-36H2,1-5H3/b24-18+,25-19+. The largest absolute Gasteiger partial charge is 0.508 e. The zero-order valence-corrected chi connectivity index (χ0v) is 31.3. The van der Waals surface area contributed by atoms with Gasteiger partial charge in [0, 0.05) is 19.6 Å². The van der Waals surface area contributed by atoms with Gasteiger partial charge in [-0.3, -0.25) is 0 Å². The zero-order chi connectivity index (χ0) is 34.6. The van der Waals surface area contributed by atoms with Crippen molar-refractivity contribution in [3.63, 3.8) is 0 Å². The van der Waals surface area contributed by atoms with Crippen molar-refractivity contribution in [2.24, 2.45) is 5.92 Å². The van der Waals surface area contributed by atoms with Crippen LogP contribution in [0.3, 0.4) is 0 Å². The first kappa shape index (κ1) is 44.9. The highest BCUT2D eigenvalue weighted by atomic mass is 16.7. The molecule has 47 heavy (non-hydrogen) atoms. The molecule has 0 N–H and O–H groups in total. The lowest BCUT2D eigenvalue weighted by molar-refractivity contribution is 0.0610. The van der Waals surface area contributed by atoms with Gasteiger partial charge in [-0.1, -0.05) is 115 Å². The molecule has 0 rings (SSSR count). The Labute approximate surface area is 290 Å². The second kappa shape index (κ2) is 35.3. The monoisotopic (exact) mass is 667 g/mol. The van der Waals surface area contributed by atoms with Gasteiger partial charge in [0.15, 0.2) is 0 Å². The van der Waals surface area contributed by atoms with Crippen LogP contribution in [0.15, 0.2) is 24.3 Å². The number of hydrogen-bond donors (Lipinski definition) is 0. The normalized spacial score (nSPS) is 11.8. The van der Waals surface area contributed by atoms with Crippen LogP contribution >= 0.6 is 0 Å². The molecule has 8 heteroatoms. The highest BCUT2D eigenvalue weighted by Gasteiger charge is 2.12. The number of carbonyl (C=O) groups is 2. The lowest BCUT2D eigenvalue weighted by Crippen LogP contribution is -2.32. The van der Waals surface area contributed by atoms with Gasteiger partial charge in [0.25, 0.3) is 0 Å². The van der Waals surface area contributed by atoms with E-state index in [1.807, 2.05) is 12.2 Å². The first-order valence-electron chi connectivity index (χ1n) is 19.1. The lowest BCUT2D eigenvalue weighted by Gasteiger charge is -2.25. The summed E-state index contributed by atoms with van der Waals surface area (Å²) >= 11 is 0. The Morgan fingerprint density at radius 1 is 0.532 bits per heavy atom. The van der Waals surface area contributed by atoms with Crippen LogP contribution in [0.4, 0.5) is 9.59 Å². The quantitative estimate of drug-likeness (QED) is 0.0389. The highest BCUT2D eigenvalue weighted by molar-refractivity contribution is 5.60. The molecular formula is C39H74N2O6. The topological polar surface area (TPSA) is 77.5 Å². The Kier molecular flexibility index (Phi) is 33.7. The van der Waals surface area contributed by atoms with E-state index in [1.165, 1.54) is 77.0 Å². The van der Waals surface area contributed by atoms with E-state index in [2.05, 4.69) is 56.9 Å². The molecule has 0 aliphatic heterocycles. The van der Waals surface area contributed by atoms with E-state index >= 15 is 0 Å². The first-order valence-corrected chi connectivity index (χ1v) is 19.1. The Morgan fingerprint density at radius 2 is 0.979 bits per heavy atom. The Balaban J connectivity index is 4.05. The predicted molar refractivity (Wildman–Crippen MR) is 196 cm³/mol. The summed E-state index contributed by atoms with van der Waals surface area (Å²) in [5.74, 6) is 0.680. The number of hydrogen-bond acceptors (Lipinski definition) is 8. The smallest absolute Gasteiger partial charge is 0.434 e. The van der Waals surface area contributed by atoms with Gasteiger partial charge in [0.2, 0.25) is 0 Å². The van der Waals surface area contributed by atoms with Crippen LogP contribution in [0.1, 0.15) is 142 Å². The summed E-state index contributed by atoms with van der Waals surface area (Å²) in [7, 11) is 6.48. The fourth-order valence-corrected chi connectivity index (χ4v) is 5.38. The SMILES string of the molecule is CCCCCC/C=C/COC(=O)OCCCCCCC(CCCCCCOC(=O)OC/C=C/CCCCCC)CN(C)CCN(C)C. The molecule has 276 valence electrons. The number of ether oxygens (including phenoxy) is 4. The van der Waals surface area contributed by atoms with Crippen molar-refractivity contribution in [3.8, 4) is 0 Å². The number of nitrogens with zero attached hydrogens (tertiary/aromatic N) is 2. The maximum atomic E-state index is 11.8. The Bertz CT molecular complexity index is 706. The highest BCUT2D eigenvalue weighted by Crippen LogP contribution is 2.20. The average molecular weight is 667 g/mol. The maximum absolute atomic E-state index is 11.8. The second-order valence-corrected chi connectivity index (χ2v) is 13.3. The van der Waals surface area contributed by atoms with Crippen molar-refractivity contribution in [1.82, 2.24) is 9.80 Å². The number of carbonyl (C=O) groups excluding carboxylic acids is 2.